The lowest BCUT2D eigenvalue weighted by Crippen LogP contribution is -2.30. The molecule has 2 nitrogen and oxygen atoms in total. The first-order chi connectivity index (χ1) is 8.63. The minimum atomic E-state index is -0.650. The van der Waals surface area contributed by atoms with Crippen LogP contribution in [0, 0.1) is 22.5 Å². The van der Waals surface area contributed by atoms with Gasteiger partial charge in [0, 0.05) is 24.8 Å². The number of ether oxygens (including phenoxy) is 1. The zero-order valence-electron chi connectivity index (χ0n) is 12.0. The summed E-state index contributed by atoms with van der Waals surface area (Å²) < 4.78 is 31.5. The van der Waals surface area contributed by atoms with Crippen LogP contribution in [0.5, 0.6) is 5.75 Å². The highest BCUT2D eigenvalue weighted by atomic mass is 19.1. The van der Waals surface area contributed by atoms with Crippen LogP contribution in [0.15, 0.2) is 18.2 Å². The van der Waals surface area contributed by atoms with Crippen molar-refractivity contribution in [3.63, 3.8) is 0 Å². The molecule has 0 saturated heterocycles. The van der Waals surface area contributed by atoms with Gasteiger partial charge in [-0.3, -0.25) is 0 Å². The Bertz CT molecular complexity index is 408. The summed E-state index contributed by atoms with van der Waals surface area (Å²) in [4.78, 5) is 0. The van der Waals surface area contributed by atoms with Gasteiger partial charge in [0.1, 0.15) is 17.4 Å². The average Bonchev–Trinajstić information content (AvgIpc) is 2.24. The topological polar surface area (TPSA) is 29.5 Å². The van der Waals surface area contributed by atoms with Crippen LogP contribution in [-0.4, -0.2) is 18.3 Å². The van der Waals surface area contributed by atoms with Gasteiger partial charge in [0.15, 0.2) is 0 Å². The normalized spacial score (nSPS) is 12.6. The maximum Gasteiger partial charge on any atom is 0.129 e. The van der Waals surface area contributed by atoms with Crippen molar-refractivity contribution < 1.29 is 18.6 Å². The maximum atomic E-state index is 13.0. The van der Waals surface area contributed by atoms with Gasteiger partial charge in [-0.15, -0.1) is 0 Å². The molecule has 1 aromatic carbocycles. The van der Waals surface area contributed by atoms with Gasteiger partial charge in [-0.2, -0.15) is 0 Å². The molecule has 19 heavy (non-hydrogen) atoms. The monoisotopic (exact) mass is 272 g/mol. The Labute approximate surface area is 113 Å². The third-order valence-corrected chi connectivity index (χ3v) is 2.85. The van der Waals surface area contributed by atoms with E-state index >= 15 is 0 Å². The molecule has 0 aliphatic carbocycles. The fourth-order valence-corrected chi connectivity index (χ4v) is 2.29. The Morgan fingerprint density at radius 3 is 2.00 bits per heavy atom. The Hall–Kier alpha value is -1.16. The standard InChI is InChI=1S/C15H22F2O2/c1-14(2,9-18)8-15(3,4)10-19-13-6-11(16)5-12(17)7-13/h5-7,18H,8-10H2,1-4H3. The molecule has 0 atom stereocenters. The molecule has 0 saturated carbocycles. The van der Waals surface area contributed by atoms with E-state index in [-0.39, 0.29) is 23.2 Å². The van der Waals surface area contributed by atoms with E-state index in [1.807, 2.05) is 27.7 Å². The van der Waals surface area contributed by atoms with Crippen molar-refractivity contribution in [2.24, 2.45) is 10.8 Å². The SMILES string of the molecule is CC(C)(CO)CC(C)(C)COc1cc(F)cc(F)c1. The Morgan fingerprint density at radius 2 is 1.53 bits per heavy atom. The smallest absolute Gasteiger partial charge is 0.129 e. The van der Waals surface area contributed by atoms with Gasteiger partial charge in [0.25, 0.3) is 0 Å². The van der Waals surface area contributed by atoms with Gasteiger partial charge in [-0.25, -0.2) is 8.78 Å². The van der Waals surface area contributed by atoms with Crippen LogP contribution >= 0.6 is 0 Å². The zero-order valence-corrected chi connectivity index (χ0v) is 12.0. The predicted octanol–water partition coefficient (Wildman–Crippen LogP) is 3.78. The quantitative estimate of drug-likeness (QED) is 0.854. The highest BCUT2D eigenvalue weighted by molar-refractivity contribution is 5.23. The molecule has 0 unspecified atom stereocenters. The van der Waals surface area contributed by atoms with Crippen LogP contribution in [0.2, 0.25) is 0 Å². The Balaban J connectivity index is 2.64. The maximum absolute atomic E-state index is 13.0. The number of aliphatic hydroxyl groups excluding tert-OH is 1. The van der Waals surface area contributed by atoms with Gasteiger partial charge < -0.3 is 9.84 Å². The molecule has 0 bridgehead atoms. The highest BCUT2D eigenvalue weighted by Crippen LogP contribution is 2.33. The van der Waals surface area contributed by atoms with Crippen molar-refractivity contribution in [3.05, 3.63) is 29.8 Å². The Kier molecular flexibility index (Phi) is 4.91. The second-order valence-electron chi connectivity index (χ2n) is 6.56. The molecule has 0 amide bonds. The van der Waals surface area contributed by atoms with Crippen molar-refractivity contribution in [2.75, 3.05) is 13.2 Å². The van der Waals surface area contributed by atoms with Gasteiger partial charge >= 0.3 is 0 Å². The van der Waals surface area contributed by atoms with E-state index < -0.39 is 11.6 Å². The van der Waals surface area contributed by atoms with Gasteiger partial charge in [0.05, 0.1) is 6.61 Å². The number of benzene rings is 1. The van der Waals surface area contributed by atoms with E-state index in [9.17, 15) is 13.9 Å². The van der Waals surface area contributed by atoms with Crippen LogP contribution in [0.1, 0.15) is 34.1 Å². The number of hydrogen-bond acceptors (Lipinski definition) is 2. The fourth-order valence-electron chi connectivity index (χ4n) is 2.29. The van der Waals surface area contributed by atoms with Crippen LogP contribution < -0.4 is 4.74 Å². The van der Waals surface area contributed by atoms with E-state index in [1.165, 1.54) is 0 Å². The van der Waals surface area contributed by atoms with Crippen molar-refractivity contribution in [1.82, 2.24) is 0 Å². The lowest BCUT2D eigenvalue weighted by Gasteiger charge is -2.33. The summed E-state index contributed by atoms with van der Waals surface area (Å²) in [5.41, 5.74) is -0.408. The summed E-state index contributed by atoms with van der Waals surface area (Å²) in [5.74, 6) is -1.11. The molecule has 1 rings (SSSR count). The zero-order chi connectivity index (χ0) is 14.7. The van der Waals surface area contributed by atoms with Gasteiger partial charge in [-0.1, -0.05) is 27.7 Å². The third-order valence-electron chi connectivity index (χ3n) is 2.85. The van der Waals surface area contributed by atoms with Crippen LogP contribution in [0.25, 0.3) is 0 Å². The number of halogens is 2. The summed E-state index contributed by atoms with van der Waals surface area (Å²) in [5, 5.41) is 9.28. The molecule has 108 valence electrons. The predicted molar refractivity (Wildman–Crippen MR) is 71.1 cm³/mol. The Morgan fingerprint density at radius 1 is 1.00 bits per heavy atom. The number of aliphatic hydroxyl groups is 1. The second-order valence-corrected chi connectivity index (χ2v) is 6.56. The minimum absolute atomic E-state index is 0.0883. The summed E-state index contributed by atoms with van der Waals surface area (Å²) in [6, 6.07) is 3.14. The van der Waals surface area contributed by atoms with E-state index in [0.29, 0.717) is 6.61 Å². The first kappa shape index (κ1) is 15.9. The minimum Gasteiger partial charge on any atom is -0.493 e. The lowest BCUT2D eigenvalue weighted by molar-refractivity contribution is 0.0726. The molecule has 0 heterocycles. The van der Waals surface area contributed by atoms with Gasteiger partial charge in [0.2, 0.25) is 0 Å². The summed E-state index contributed by atoms with van der Waals surface area (Å²) in [6.07, 6.45) is 0.744. The van der Waals surface area contributed by atoms with Crippen molar-refractivity contribution in [1.29, 1.82) is 0 Å². The number of rotatable bonds is 6. The van der Waals surface area contributed by atoms with E-state index in [0.717, 1.165) is 24.6 Å². The fraction of sp³-hybridized carbons (Fsp3) is 0.600. The first-order valence-electron chi connectivity index (χ1n) is 6.33. The molecule has 0 spiro atoms. The third kappa shape index (κ3) is 5.55. The molecule has 0 aliphatic heterocycles. The van der Waals surface area contributed by atoms with E-state index in [4.69, 9.17) is 4.74 Å². The van der Waals surface area contributed by atoms with Crippen molar-refractivity contribution >= 4 is 0 Å². The molecule has 0 fully saturated rings. The number of hydrogen-bond donors (Lipinski definition) is 1. The molecule has 1 N–H and O–H groups in total. The summed E-state index contributed by atoms with van der Waals surface area (Å²) in [7, 11) is 0. The van der Waals surface area contributed by atoms with Crippen molar-refractivity contribution in [2.45, 2.75) is 34.1 Å². The molecule has 0 aliphatic rings. The van der Waals surface area contributed by atoms with E-state index in [1.54, 1.807) is 0 Å². The average molecular weight is 272 g/mol. The lowest BCUT2D eigenvalue weighted by atomic mass is 9.76. The summed E-state index contributed by atoms with van der Waals surface area (Å²) in [6.45, 7) is 8.36. The van der Waals surface area contributed by atoms with Crippen LogP contribution in [-0.2, 0) is 0 Å². The molecule has 0 radical (unpaired) electrons. The molecular formula is C15H22F2O2. The largest absolute Gasteiger partial charge is 0.493 e. The first-order valence-corrected chi connectivity index (χ1v) is 6.33. The second kappa shape index (κ2) is 5.87. The van der Waals surface area contributed by atoms with Gasteiger partial charge in [-0.05, 0) is 17.3 Å². The van der Waals surface area contributed by atoms with Crippen molar-refractivity contribution in [3.8, 4) is 5.75 Å². The van der Waals surface area contributed by atoms with E-state index in [2.05, 4.69) is 0 Å². The molecular weight excluding hydrogens is 250 g/mol. The summed E-state index contributed by atoms with van der Waals surface area (Å²) >= 11 is 0. The van der Waals surface area contributed by atoms with Crippen LogP contribution in [0.3, 0.4) is 0 Å². The molecule has 0 aromatic heterocycles. The molecule has 1 aromatic rings. The molecule has 4 heteroatoms. The highest BCUT2D eigenvalue weighted by Gasteiger charge is 2.29. The van der Waals surface area contributed by atoms with Crippen LogP contribution in [0.4, 0.5) is 8.78 Å².